The minimum Gasteiger partial charge on any atom is -0.497 e. The van der Waals surface area contributed by atoms with Gasteiger partial charge in [0.2, 0.25) is 0 Å². The van der Waals surface area contributed by atoms with Crippen LogP contribution in [-0.4, -0.2) is 63.3 Å². The first-order valence-electron chi connectivity index (χ1n) is 11.4. The molecular formula is C25H33NO7S. The summed E-state index contributed by atoms with van der Waals surface area (Å²) < 4.78 is 42.0. The van der Waals surface area contributed by atoms with Crippen LogP contribution in [0.15, 0.2) is 53.4 Å². The van der Waals surface area contributed by atoms with Crippen LogP contribution in [0.2, 0.25) is 0 Å². The molecule has 0 aliphatic carbocycles. The van der Waals surface area contributed by atoms with Crippen molar-refractivity contribution in [3.8, 4) is 11.5 Å². The zero-order valence-electron chi connectivity index (χ0n) is 19.8. The van der Waals surface area contributed by atoms with Gasteiger partial charge in [0.25, 0.3) is 0 Å². The Bertz CT molecular complexity index is 1050. The summed E-state index contributed by atoms with van der Waals surface area (Å²) in [5, 5.41) is 13.5. The van der Waals surface area contributed by atoms with Crippen LogP contribution in [0.25, 0.3) is 0 Å². The van der Waals surface area contributed by atoms with Gasteiger partial charge in [0.05, 0.1) is 18.6 Å². The topological polar surface area (TPSA) is 111 Å². The van der Waals surface area contributed by atoms with E-state index < -0.39 is 20.6 Å². The molecule has 8 nitrogen and oxygen atoms in total. The largest absolute Gasteiger partial charge is 0.497 e. The van der Waals surface area contributed by atoms with Crippen molar-refractivity contribution < 1.29 is 32.5 Å². The van der Waals surface area contributed by atoms with E-state index >= 15 is 0 Å². The van der Waals surface area contributed by atoms with E-state index in [1.165, 1.54) is 31.4 Å². The van der Waals surface area contributed by atoms with Gasteiger partial charge in [-0.15, -0.1) is 0 Å². The van der Waals surface area contributed by atoms with E-state index in [9.17, 15) is 18.3 Å². The molecule has 1 heterocycles. The summed E-state index contributed by atoms with van der Waals surface area (Å²) in [6.07, 6.45) is -0.0105. The summed E-state index contributed by atoms with van der Waals surface area (Å²) in [6.45, 7) is 5.88. The molecule has 3 unspecified atom stereocenters. The van der Waals surface area contributed by atoms with E-state index in [4.69, 9.17) is 14.2 Å². The van der Waals surface area contributed by atoms with Gasteiger partial charge < -0.3 is 24.6 Å². The van der Waals surface area contributed by atoms with E-state index in [0.29, 0.717) is 36.6 Å². The monoisotopic (exact) mass is 491 g/mol. The minimum atomic E-state index is -4.20. The summed E-state index contributed by atoms with van der Waals surface area (Å²) in [4.78, 5) is 12.5. The summed E-state index contributed by atoms with van der Waals surface area (Å²) in [5.74, 6) is -0.254. The van der Waals surface area contributed by atoms with E-state index in [1.54, 1.807) is 31.2 Å². The van der Waals surface area contributed by atoms with Crippen molar-refractivity contribution in [2.45, 2.75) is 55.0 Å². The second-order valence-corrected chi connectivity index (χ2v) is 10.7. The van der Waals surface area contributed by atoms with Gasteiger partial charge in [-0.05, 0) is 55.3 Å². The van der Waals surface area contributed by atoms with Gasteiger partial charge in [-0.1, -0.05) is 25.5 Å². The molecule has 3 rings (SSSR count). The number of methoxy groups -OCH3 is 1. The molecule has 0 amide bonds. The first kappa shape index (κ1) is 26.0. The van der Waals surface area contributed by atoms with Gasteiger partial charge in [-0.2, -0.15) is 0 Å². The number of carboxylic acid groups (broad SMARTS) is 1. The maximum absolute atomic E-state index is 13.6. The second-order valence-electron chi connectivity index (χ2n) is 8.49. The predicted molar refractivity (Wildman–Crippen MR) is 128 cm³/mol. The van der Waals surface area contributed by atoms with Crippen LogP contribution in [0.4, 0.5) is 0 Å². The first-order valence-corrected chi connectivity index (χ1v) is 12.9. The lowest BCUT2D eigenvalue weighted by molar-refractivity contribution is -0.140. The van der Waals surface area contributed by atoms with Crippen molar-refractivity contribution in [2.24, 2.45) is 0 Å². The predicted octanol–water partition coefficient (Wildman–Crippen LogP) is 3.09. The Morgan fingerprint density at radius 2 is 1.82 bits per heavy atom. The molecule has 9 heteroatoms. The molecule has 34 heavy (non-hydrogen) atoms. The van der Waals surface area contributed by atoms with E-state index in [2.05, 4.69) is 5.32 Å². The number of benzene rings is 2. The third-order valence-corrected chi connectivity index (χ3v) is 8.59. The van der Waals surface area contributed by atoms with Gasteiger partial charge in [-0.25, -0.2) is 8.42 Å². The number of sulfone groups is 1. The summed E-state index contributed by atoms with van der Waals surface area (Å²) in [7, 11) is -2.72. The minimum absolute atomic E-state index is 0.0159. The quantitative estimate of drug-likeness (QED) is 0.493. The van der Waals surface area contributed by atoms with Crippen LogP contribution < -0.4 is 14.8 Å². The number of carboxylic acids is 1. The van der Waals surface area contributed by atoms with Crippen molar-refractivity contribution >= 4 is 15.8 Å². The molecule has 1 fully saturated rings. The van der Waals surface area contributed by atoms with Crippen molar-refractivity contribution in [3.05, 3.63) is 54.1 Å². The molecule has 2 aromatic rings. The Labute approximate surface area is 201 Å². The SMILES string of the molecule is CCCC(Cc1ccc(OC(C)C2CNCCO2)cc1)(C(=O)O)S(=O)(=O)c1ccc(OC)cc1. The number of rotatable bonds is 11. The number of morpholine rings is 1. The molecule has 0 saturated carbocycles. The number of hydrogen-bond acceptors (Lipinski definition) is 7. The average Bonchev–Trinajstić information content (AvgIpc) is 2.85. The molecule has 186 valence electrons. The Morgan fingerprint density at radius 1 is 1.18 bits per heavy atom. The molecule has 0 spiro atoms. The molecule has 2 N–H and O–H groups in total. The van der Waals surface area contributed by atoms with Crippen LogP contribution in [0.3, 0.4) is 0 Å². The molecule has 1 saturated heterocycles. The number of aliphatic carboxylic acids is 1. The average molecular weight is 492 g/mol. The highest BCUT2D eigenvalue weighted by Gasteiger charge is 2.51. The van der Waals surface area contributed by atoms with Gasteiger partial charge in [0.15, 0.2) is 14.6 Å². The van der Waals surface area contributed by atoms with Crippen LogP contribution in [0, 0.1) is 0 Å². The molecule has 0 radical (unpaired) electrons. The summed E-state index contributed by atoms with van der Waals surface area (Å²) in [6, 6.07) is 12.7. The Hall–Kier alpha value is -2.62. The zero-order valence-corrected chi connectivity index (χ0v) is 20.6. The van der Waals surface area contributed by atoms with Gasteiger partial charge in [0, 0.05) is 19.5 Å². The van der Waals surface area contributed by atoms with Crippen molar-refractivity contribution in [3.63, 3.8) is 0 Å². The third-order valence-electron chi connectivity index (χ3n) is 6.14. The second kappa shape index (κ2) is 11.2. The maximum atomic E-state index is 13.6. The standard InChI is InChI=1S/C25H33NO7S/c1-4-13-25(24(27)28,34(29,30)22-11-9-20(31-3)10-12-22)16-19-5-7-21(8-6-19)33-18(2)23-17-26-14-15-32-23/h5-12,18,23,26H,4,13-17H2,1-3H3,(H,27,28). The molecule has 1 aliphatic rings. The highest BCUT2D eigenvalue weighted by Crippen LogP contribution is 2.35. The lowest BCUT2D eigenvalue weighted by atomic mass is 9.94. The fourth-order valence-corrected chi connectivity index (χ4v) is 6.20. The lowest BCUT2D eigenvalue weighted by Gasteiger charge is -2.30. The summed E-state index contributed by atoms with van der Waals surface area (Å²) in [5.41, 5.74) is 0.600. The lowest BCUT2D eigenvalue weighted by Crippen LogP contribution is -2.48. The van der Waals surface area contributed by atoms with Crippen LogP contribution in [0.1, 0.15) is 32.3 Å². The van der Waals surface area contributed by atoms with Gasteiger partial charge in [0.1, 0.15) is 23.7 Å². The smallest absolute Gasteiger partial charge is 0.325 e. The molecule has 0 bridgehead atoms. The number of nitrogens with one attached hydrogen (secondary N) is 1. The molecule has 1 aliphatic heterocycles. The molecule has 2 aromatic carbocycles. The van der Waals surface area contributed by atoms with Crippen LogP contribution in [-0.2, 0) is 25.8 Å². The number of ether oxygens (including phenoxy) is 3. The molecular weight excluding hydrogens is 458 g/mol. The number of carbonyl (C=O) groups is 1. The zero-order chi connectivity index (χ0) is 24.8. The molecule has 3 atom stereocenters. The van der Waals surface area contributed by atoms with Gasteiger partial charge in [-0.3, -0.25) is 4.79 Å². The van der Waals surface area contributed by atoms with E-state index in [-0.39, 0.29) is 29.9 Å². The highest BCUT2D eigenvalue weighted by molar-refractivity contribution is 7.93. The van der Waals surface area contributed by atoms with Gasteiger partial charge >= 0.3 is 5.97 Å². The van der Waals surface area contributed by atoms with E-state index in [0.717, 1.165) is 6.54 Å². The van der Waals surface area contributed by atoms with Crippen molar-refractivity contribution in [2.75, 3.05) is 26.8 Å². The highest BCUT2D eigenvalue weighted by atomic mass is 32.2. The van der Waals surface area contributed by atoms with Crippen molar-refractivity contribution in [1.29, 1.82) is 0 Å². The Balaban J connectivity index is 1.84. The first-order chi connectivity index (χ1) is 16.2. The fraction of sp³-hybridized carbons (Fsp3) is 0.480. The third kappa shape index (κ3) is 5.54. The summed E-state index contributed by atoms with van der Waals surface area (Å²) >= 11 is 0. The normalized spacial score (nSPS) is 19.1. The molecule has 0 aromatic heterocycles. The Kier molecular flexibility index (Phi) is 8.57. The fourth-order valence-electron chi connectivity index (χ4n) is 4.19. The van der Waals surface area contributed by atoms with Crippen LogP contribution >= 0.6 is 0 Å². The van der Waals surface area contributed by atoms with Crippen LogP contribution in [0.5, 0.6) is 11.5 Å². The number of hydrogen-bond donors (Lipinski definition) is 2. The van der Waals surface area contributed by atoms with Crippen molar-refractivity contribution in [1.82, 2.24) is 5.32 Å². The Morgan fingerprint density at radius 3 is 2.35 bits per heavy atom. The van der Waals surface area contributed by atoms with E-state index in [1.807, 2.05) is 6.92 Å². The maximum Gasteiger partial charge on any atom is 0.325 e.